The zero-order chi connectivity index (χ0) is 18.2. The molecule has 0 aliphatic carbocycles. The Balaban J connectivity index is 1.33. The van der Waals surface area contributed by atoms with Gasteiger partial charge in [0.15, 0.2) is 0 Å². The predicted molar refractivity (Wildman–Crippen MR) is 104 cm³/mol. The van der Waals surface area contributed by atoms with Crippen molar-refractivity contribution in [1.82, 2.24) is 20.5 Å². The van der Waals surface area contributed by atoms with Crippen LogP contribution in [0.5, 0.6) is 0 Å². The molecule has 1 aromatic heterocycles. The molecule has 3 rings (SSSR count). The van der Waals surface area contributed by atoms with Crippen molar-refractivity contribution in [2.75, 3.05) is 19.6 Å². The molecule has 2 N–H and O–H groups in total. The largest absolute Gasteiger partial charge is 0.338 e. The zero-order valence-electron chi connectivity index (χ0n) is 14.8. The number of halogens is 1. The van der Waals surface area contributed by atoms with Crippen molar-refractivity contribution >= 4 is 17.6 Å². The predicted octanol–water partition coefficient (Wildman–Crippen LogP) is 3.24. The number of carbonyl (C=O) groups is 1. The number of likely N-dealkylation sites (tertiary alicyclic amines) is 1. The SMILES string of the molecule is O=C(NCCc1ccccn1)NC1CCN(Cc2ccc(Cl)cc2)CC1. The molecular formula is C20H25ClN4O. The number of carbonyl (C=O) groups excluding carboxylic acids is 1. The number of nitrogens with one attached hydrogen (secondary N) is 2. The molecule has 0 radical (unpaired) electrons. The Kier molecular flexibility index (Phi) is 6.86. The molecule has 2 heterocycles. The molecule has 0 saturated carbocycles. The van der Waals surface area contributed by atoms with Crippen LogP contribution in [0.15, 0.2) is 48.7 Å². The number of piperidine rings is 1. The fourth-order valence-corrected chi connectivity index (χ4v) is 3.30. The van der Waals surface area contributed by atoms with E-state index in [2.05, 4.69) is 32.7 Å². The van der Waals surface area contributed by atoms with Crippen molar-refractivity contribution < 1.29 is 4.79 Å². The molecule has 0 bridgehead atoms. The highest BCUT2D eigenvalue weighted by Crippen LogP contribution is 2.15. The molecule has 6 heteroatoms. The number of amides is 2. The topological polar surface area (TPSA) is 57.3 Å². The average Bonchev–Trinajstić information content (AvgIpc) is 2.66. The molecule has 0 atom stereocenters. The summed E-state index contributed by atoms with van der Waals surface area (Å²) >= 11 is 5.93. The van der Waals surface area contributed by atoms with Crippen molar-refractivity contribution in [2.45, 2.75) is 31.8 Å². The Morgan fingerprint density at radius 3 is 2.62 bits per heavy atom. The van der Waals surface area contributed by atoms with E-state index in [1.54, 1.807) is 6.20 Å². The van der Waals surface area contributed by atoms with E-state index in [0.29, 0.717) is 6.54 Å². The Labute approximate surface area is 159 Å². The molecule has 2 aromatic rings. The van der Waals surface area contributed by atoms with Crippen LogP contribution in [0, 0.1) is 0 Å². The van der Waals surface area contributed by atoms with Gasteiger partial charge in [0.1, 0.15) is 0 Å². The lowest BCUT2D eigenvalue weighted by molar-refractivity contribution is 0.186. The number of urea groups is 1. The van der Waals surface area contributed by atoms with Gasteiger partial charge in [-0.25, -0.2) is 4.79 Å². The van der Waals surface area contributed by atoms with E-state index >= 15 is 0 Å². The first kappa shape index (κ1) is 18.7. The first-order valence-corrected chi connectivity index (χ1v) is 9.48. The number of benzene rings is 1. The van der Waals surface area contributed by atoms with Gasteiger partial charge >= 0.3 is 6.03 Å². The highest BCUT2D eigenvalue weighted by atomic mass is 35.5. The third-order valence-corrected chi connectivity index (χ3v) is 4.89. The molecule has 1 fully saturated rings. The number of nitrogens with zero attached hydrogens (tertiary/aromatic N) is 2. The van der Waals surface area contributed by atoms with E-state index in [1.807, 2.05) is 30.3 Å². The number of hydrogen-bond acceptors (Lipinski definition) is 3. The summed E-state index contributed by atoms with van der Waals surface area (Å²) in [5.74, 6) is 0. The van der Waals surface area contributed by atoms with E-state index < -0.39 is 0 Å². The molecule has 1 aliphatic heterocycles. The third-order valence-electron chi connectivity index (χ3n) is 4.64. The van der Waals surface area contributed by atoms with E-state index in [0.717, 1.165) is 49.6 Å². The molecule has 2 amide bonds. The van der Waals surface area contributed by atoms with Gasteiger partial charge in [0, 0.05) is 55.6 Å². The van der Waals surface area contributed by atoms with Crippen molar-refractivity contribution in [3.8, 4) is 0 Å². The van der Waals surface area contributed by atoms with Crippen molar-refractivity contribution in [3.63, 3.8) is 0 Å². The molecule has 138 valence electrons. The molecule has 1 saturated heterocycles. The highest BCUT2D eigenvalue weighted by molar-refractivity contribution is 6.30. The molecule has 26 heavy (non-hydrogen) atoms. The normalized spacial score (nSPS) is 15.6. The monoisotopic (exact) mass is 372 g/mol. The second kappa shape index (κ2) is 9.55. The number of rotatable bonds is 6. The van der Waals surface area contributed by atoms with Crippen LogP contribution in [0.3, 0.4) is 0 Å². The summed E-state index contributed by atoms with van der Waals surface area (Å²) in [6.45, 7) is 3.50. The standard InChI is InChI=1S/C20H25ClN4O/c21-17-6-4-16(5-7-17)15-25-13-9-19(10-14-25)24-20(26)23-12-8-18-3-1-2-11-22-18/h1-7,11,19H,8-10,12-15H2,(H2,23,24,26). The van der Waals surface area contributed by atoms with Crippen LogP contribution in [-0.2, 0) is 13.0 Å². The highest BCUT2D eigenvalue weighted by Gasteiger charge is 2.20. The number of hydrogen-bond donors (Lipinski definition) is 2. The quantitative estimate of drug-likeness (QED) is 0.818. The second-order valence-corrected chi connectivity index (χ2v) is 7.08. The van der Waals surface area contributed by atoms with Crippen molar-refractivity contribution in [2.24, 2.45) is 0 Å². The smallest absolute Gasteiger partial charge is 0.315 e. The fourth-order valence-electron chi connectivity index (χ4n) is 3.17. The summed E-state index contributed by atoms with van der Waals surface area (Å²) in [7, 11) is 0. The molecular weight excluding hydrogens is 348 g/mol. The van der Waals surface area contributed by atoms with Gasteiger partial charge in [0.05, 0.1) is 0 Å². The van der Waals surface area contributed by atoms with Crippen molar-refractivity contribution in [3.05, 3.63) is 64.9 Å². The minimum Gasteiger partial charge on any atom is -0.338 e. The van der Waals surface area contributed by atoms with Gasteiger partial charge in [0.25, 0.3) is 0 Å². The lowest BCUT2D eigenvalue weighted by Gasteiger charge is -2.32. The Morgan fingerprint density at radius 1 is 1.15 bits per heavy atom. The first-order chi connectivity index (χ1) is 12.7. The first-order valence-electron chi connectivity index (χ1n) is 9.10. The van der Waals surface area contributed by atoms with Crippen molar-refractivity contribution in [1.29, 1.82) is 0 Å². The van der Waals surface area contributed by atoms with E-state index in [1.165, 1.54) is 5.56 Å². The van der Waals surface area contributed by atoms with Gasteiger partial charge in [0.2, 0.25) is 0 Å². The van der Waals surface area contributed by atoms with Crippen LogP contribution in [0.2, 0.25) is 5.02 Å². The number of pyridine rings is 1. The van der Waals surface area contributed by atoms with E-state index in [-0.39, 0.29) is 12.1 Å². The van der Waals surface area contributed by atoms with E-state index in [9.17, 15) is 4.79 Å². The van der Waals surface area contributed by atoms with Crippen LogP contribution >= 0.6 is 11.6 Å². The van der Waals surface area contributed by atoms with Gasteiger partial charge in [-0.15, -0.1) is 0 Å². The molecule has 1 aliphatic rings. The average molecular weight is 373 g/mol. The third kappa shape index (κ3) is 6.00. The van der Waals surface area contributed by atoms with Crippen LogP contribution in [0.1, 0.15) is 24.1 Å². The maximum atomic E-state index is 12.0. The van der Waals surface area contributed by atoms with Gasteiger partial charge in [-0.1, -0.05) is 29.8 Å². The Bertz CT molecular complexity index is 685. The second-order valence-electron chi connectivity index (χ2n) is 6.65. The molecule has 5 nitrogen and oxygen atoms in total. The summed E-state index contributed by atoms with van der Waals surface area (Å²) in [6, 6.07) is 14.0. The van der Waals surface area contributed by atoms with Gasteiger partial charge in [-0.3, -0.25) is 9.88 Å². The minimum atomic E-state index is -0.0860. The molecule has 0 unspecified atom stereocenters. The summed E-state index contributed by atoms with van der Waals surface area (Å²) in [6.07, 6.45) is 4.46. The maximum Gasteiger partial charge on any atom is 0.315 e. The fraction of sp³-hybridized carbons (Fsp3) is 0.400. The number of aromatic nitrogens is 1. The summed E-state index contributed by atoms with van der Waals surface area (Å²) in [5.41, 5.74) is 2.26. The van der Waals surface area contributed by atoms with Gasteiger partial charge in [-0.2, -0.15) is 0 Å². The molecule has 0 spiro atoms. The maximum absolute atomic E-state index is 12.0. The minimum absolute atomic E-state index is 0.0860. The van der Waals surface area contributed by atoms with Crippen LogP contribution < -0.4 is 10.6 Å². The van der Waals surface area contributed by atoms with Crippen LogP contribution in [-0.4, -0.2) is 41.6 Å². The summed E-state index contributed by atoms with van der Waals surface area (Å²) in [5, 5.41) is 6.77. The zero-order valence-corrected chi connectivity index (χ0v) is 15.6. The Hall–Kier alpha value is -2.11. The van der Waals surface area contributed by atoms with Gasteiger partial charge < -0.3 is 10.6 Å². The lowest BCUT2D eigenvalue weighted by atomic mass is 10.0. The van der Waals surface area contributed by atoms with Gasteiger partial charge in [-0.05, 0) is 42.7 Å². The van der Waals surface area contributed by atoms with Crippen LogP contribution in [0.4, 0.5) is 4.79 Å². The van der Waals surface area contributed by atoms with E-state index in [4.69, 9.17) is 11.6 Å². The summed E-state index contributed by atoms with van der Waals surface area (Å²) in [4.78, 5) is 18.7. The summed E-state index contributed by atoms with van der Waals surface area (Å²) < 4.78 is 0. The lowest BCUT2D eigenvalue weighted by Crippen LogP contribution is -2.48. The molecule has 1 aromatic carbocycles. The Morgan fingerprint density at radius 2 is 1.92 bits per heavy atom. The van der Waals surface area contributed by atoms with Crippen LogP contribution in [0.25, 0.3) is 0 Å².